The molecular weight excluding hydrogens is 242 g/mol. The van der Waals surface area contributed by atoms with E-state index in [-0.39, 0.29) is 17.7 Å². The van der Waals surface area contributed by atoms with Crippen molar-refractivity contribution in [2.24, 2.45) is 0 Å². The fourth-order valence-corrected chi connectivity index (χ4v) is 1.96. The van der Waals surface area contributed by atoms with Gasteiger partial charge in [0, 0.05) is 39.6 Å². The van der Waals surface area contributed by atoms with Crippen LogP contribution < -0.4 is 5.32 Å². The summed E-state index contributed by atoms with van der Waals surface area (Å²) in [6.45, 7) is 6.68. The summed E-state index contributed by atoms with van der Waals surface area (Å²) in [5, 5.41) is 2.74. The average Bonchev–Trinajstić information content (AvgIpc) is 2.34. The maximum atomic E-state index is 11.1. The number of nitrogens with zero attached hydrogens (tertiary/aromatic N) is 2. The van der Waals surface area contributed by atoms with E-state index in [0.29, 0.717) is 6.54 Å². The Kier molecular flexibility index (Phi) is 6.29. The highest BCUT2D eigenvalue weighted by molar-refractivity contribution is 6.27. The molecule has 2 amide bonds. The zero-order chi connectivity index (χ0) is 12.7. The van der Waals surface area contributed by atoms with Gasteiger partial charge < -0.3 is 10.2 Å². The Morgan fingerprint density at radius 2 is 1.88 bits per heavy atom. The normalized spacial score (nSPS) is 16.9. The highest BCUT2D eigenvalue weighted by Gasteiger charge is 2.17. The lowest BCUT2D eigenvalue weighted by atomic mass is 10.3. The minimum Gasteiger partial charge on any atom is -0.355 e. The summed E-state index contributed by atoms with van der Waals surface area (Å²) in [5.74, 6) is 0.0594. The SMILES string of the molecule is CC(=O)N1CCN(CCCNC(=O)CCl)CC1. The first-order valence-corrected chi connectivity index (χ1v) is 6.47. The Morgan fingerprint density at radius 1 is 1.24 bits per heavy atom. The Hall–Kier alpha value is -0.810. The van der Waals surface area contributed by atoms with Gasteiger partial charge in [-0.1, -0.05) is 0 Å². The Morgan fingerprint density at radius 3 is 2.41 bits per heavy atom. The van der Waals surface area contributed by atoms with Crippen molar-refractivity contribution in [2.75, 3.05) is 45.1 Å². The summed E-state index contributed by atoms with van der Waals surface area (Å²) in [4.78, 5) is 26.2. The van der Waals surface area contributed by atoms with Gasteiger partial charge in [0.05, 0.1) is 0 Å². The zero-order valence-corrected chi connectivity index (χ0v) is 11.0. The maximum Gasteiger partial charge on any atom is 0.234 e. The van der Waals surface area contributed by atoms with Crippen molar-refractivity contribution in [1.82, 2.24) is 15.1 Å². The molecule has 0 radical (unpaired) electrons. The van der Waals surface area contributed by atoms with Gasteiger partial charge >= 0.3 is 0 Å². The molecule has 0 unspecified atom stereocenters. The van der Waals surface area contributed by atoms with Crippen LogP contribution >= 0.6 is 11.6 Å². The minimum absolute atomic E-state index is 0.0251. The molecule has 0 atom stereocenters. The number of amides is 2. The first-order valence-electron chi connectivity index (χ1n) is 5.94. The molecule has 5 nitrogen and oxygen atoms in total. The molecule has 1 saturated heterocycles. The van der Waals surface area contributed by atoms with E-state index in [9.17, 15) is 9.59 Å². The molecule has 0 spiro atoms. The van der Waals surface area contributed by atoms with Crippen LogP contribution in [0.2, 0.25) is 0 Å². The third-order valence-corrected chi connectivity index (χ3v) is 3.16. The summed E-state index contributed by atoms with van der Waals surface area (Å²) in [5.41, 5.74) is 0. The van der Waals surface area contributed by atoms with Crippen molar-refractivity contribution in [3.05, 3.63) is 0 Å². The number of halogens is 1. The lowest BCUT2D eigenvalue weighted by molar-refractivity contribution is -0.130. The number of hydrogen-bond donors (Lipinski definition) is 1. The molecule has 6 heteroatoms. The first kappa shape index (κ1) is 14.3. The Bertz CT molecular complexity index is 265. The van der Waals surface area contributed by atoms with Gasteiger partial charge in [-0.25, -0.2) is 0 Å². The van der Waals surface area contributed by atoms with Crippen LogP contribution in [-0.4, -0.2) is 66.8 Å². The summed E-state index contributed by atoms with van der Waals surface area (Å²) in [6.07, 6.45) is 0.919. The predicted octanol–water partition coefficient (Wildman–Crippen LogP) is -0.104. The molecular formula is C11H20ClN3O2. The van der Waals surface area contributed by atoms with Crippen LogP contribution in [0.5, 0.6) is 0 Å². The Labute approximate surface area is 107 Å². The second kappa shape index (κ2) is 7.50. The van der Waals surface area contributed by atoms with E-state index < -0.39 is 0 Å². The quantitative estimate of drug-likeness (QED) is 0.555. The molecule has 0 saturated carbocycles. The van der Waals surface area contributed by atoms with E-state index in [1.807, 2.05) is 4.90 Å². The van der Waals surface area contributed by atoms with Crippen molar-refractivity contribution in [1.29, 1.82) is 0 Å². The number of alkyl halides is 1. The monoisotopic (exact) mass is 261 g/mol. The smallest absolute Gasteiger partial charge is 0.234 e. The van der Waals surface area contributed by atoms with Gasteiger partial charge in [0.1, 0.15) is 5.88 Å². The predicted molar refractivity (Wildman–Crippen MR) is 67.0 cm³/mol. The zero-order valence-electron chi connectivity index (χ0n) is 10.2. The van der Waals surface area contributed by atoms with E-state index in [4.69, 9.17) is 11.6 Å². The average molecular weight is 262 g/mol. The molecule has 0 bridgehead atoms. The number of hydrogen-bond acceptors (Lipinski definition) is 3. The van der Waals surface area contributed by atoms with Gasteiger partial charge in [-0.15, -0.1) is 11.6 Å². The van der Waals surface area contributed by atoms with Gasteiger partial charge in [-0.3, -0.25) is 14.5 Å². The van der Waals surface area contributed by atoms with Crippen LogP contribution in [0.25, 0.3) is 0 Å². The molecule has 1 aliphatic heterocycles. The summed E-state index contributed by atoms with van der Waals surface area (Å²) < 4.78 is 0. The number of carbonyl (C=O) groups is 2. The minimum atomic E-state index is -0.118. The third-order valence-electron chi connectivity index (χ3n) is 2.91. The van der Waals surface area contributed by atoms with E-state index in [2.05, 4.69) is 10.2 Å². The van der Waals surface area contributed by atoms with Crippen LogP contribution in [0.1, 0.15) is 13.3 Å². The summed E-state index contributed by atoms with van der Waals surface area (Å²) >= 11 is 5.37. The fraction of sp³-hybridized carbons (Fsp3) is 0.818. The molecule has 98 valence electrons. The first-order chi connectivity index (χ1) is 8.13. The molecule has 1 rings (SSSR count). The van der Waals surface area contributed by atoms with Crippen LogP contribution in [0.3, 0.4) is 0 Å². The summed E-state index contributed by atoms with van der Waals surface area (Å²) in [7, 11) is 0. The molecule has 1 aliphatic rings. The van der Waals surface area contributed by atoms with Gasteiger partial charge in [0.15, 0.2) is 0 Å². The van der Waals surface area contributed by atoms with Crippen molar-refractivity contribution >= 4 is 23.4 Å². The number of piperazine rings is 1. The van der Waals surface area contributed by atoms with Gasteiger partial charge in [0.2, 0.25) is 11.8 Å². The summed E-state index contributed by atoms with van der Waals surface area (Å²) in [6, 6.07) is 0. The molecule has 1 N–H and O–H groups in total. The fourth-order valence-electron chi connectivity index (χ4n) is 1.86. The van der Waals surface area contributed by atoms with Crippen LogP contribution in [0.4, 0.5) is 0 Å². The lowest BCUT2D eigenvalue weighted by Gasteiger charge is -2.34. The van der Waals surface area contributed by atoms with Gasteiger partial charge in [-0.05, 0) is 13.0 Å². The van der Waals surface area contributed by atoms with Crippen molar-refractivity contribution in [3.63, 3.8) is 0 Å². The van der Waals surface area contributed by atoms with E-state index in [1.165, 1.54) is 0 Å². The molecule has 1 fully saturated rings. The highest BCUT2D eigenvalue weighted by Crippen LogP contribution is 2.02. The lowest BCUT2D eigenvalue weighted by Crippen LogP contribution is -2.48. The molecule has 1 heterocycles. The van der Waals surface area contributed by atoms with Crippen LogP contribution in [-0.2, 0) is 9.59 Å². The number of carbonyl (C=O) groups excluding carboxylic acids is 2. The standard InChI is InChI=1S/C11H20ClN3O2/c1-10(16)15-7-5-14(6-8-15)4-2-3-13-11(17)9-12/h2-9H2,1H3,(H,13,17). The maximum absolute atomic E-state index is 11.1. The van der Waals surface area contributed by atoms with Crippen LogP contribution in [0.15, 0.2) is 0 Å². The van der Waals surface area contributed by atoms with E-state index in [0.717, 1.165) is 39.1 Å². The topological polar surface area (TPSA) is 52.7 Å². The molecule has 0 aromatic carbocycles. The van der Waals surface area contributed by atoms with E-state index in [1.54, 1.807) is 6.92 Å². The van der Waals surface area contributed by atoms with Gasteiger partial charge in [0.25, 0.3) is 0 Å². The van der Waals surface area contributed by atoms with Crippen molar-refractivity contribution in [2.45, 2.75) is 13.3 Å². The van der Waals surface area contributed by atoms with Crippen molar-refractivity contribution in [3.8, 4) is 0 Å². The second-order valence-corrected chi connectivity index (χ2v) is 4.45. The van der Waals surface area contributed by atoms with Crippen LogP contribution in [0, 0.1) is 0 Å². The molecule has 0 aromatic rings. The third kappa shape index (κ3) is 5.37. The number of nitrogens with one attached hydrogen (secondary N) is 1. The molecule has 0 aliphatic carbocycles. The number of rotatable bonds is 5. The molecule has 17 heavy (non-hydrogen) atoms. The van der Waals surface area contributed by atoms with E-state index >= 15 is 0 Å². The van der Waals surface area contributed by atoms with Crippen molar-refractivity contribution < 1.29 is 9.59 Å². The Balaban J connectivity index is 2.06. The largest absolute Gasteiger partial charge is 0.355 e. The molecule has 0 aromatic heterocycles. The van der Waals surface area contributed by atoms with Gasteiger partial charge in [-0.2, -0.15) is 0 Å². The second-order valence-electron chi connectivity index (χ2n) is 4.18. The highest BCUT2D eigenvalue weighted by atomic mass is 35.5.